The predicted molar refractivity (Wildman–Crippen MR) is 169 cm³/mol. The Morgan fingerprint density at radius 2 is 1.36 bits per heavy atom. The molecule has 0 bridgehead atoms. The minimum atomic E-state index is -0.704. The second-order valence-electron chi connectivity index (χ2n) is 11.1. The number of methoxy groups -OCH3 is 2. The standard InChI is InChI=1S/C35H55N2O6.HI/c1-6-8-9-10-11-12-13-14-15-16-17-20-24-42-34-32(40-4)25-30(26-33(34)41-5)28-43-35(39)37(29(3)38)27-31-21-18-19-23-36(31)22-7-2;/h18-19,21,23,25-26H,6-17,20,22,24,27-28H2,1-5H3;1H/q+1;/p-1. The van der Waals surface area contributed by atoms with E-state index in [4.69, 9.17) is 18.9 Å². The second kappa shape index (κ2) is 23.8. The zero-order chi connectivity index (χ0) is 31.3. The van der Waals surface area contributed by atoms with Crippen molar-refractivity contribution in [2.75, 3.05) is 20.8 Å². The number of pyridine rings is 1. The van der Waals surface area contributed by atoms with Gasteiger partial charge in [0.15, 0.2) is 17.7 Å². The van der Waals surface area contributed by atoms with Gasteiger partial charge in [-0.2, -0.15) is 0 Å². The summed E-state index contributed by atoms with van der Waals surface area (Å²) in [7, 11) is 3.15. The van der Waals surface area contributed by atoms with Crippen LogP contribution in [0, 0.1) is 0 Å². The van der Waals surface area contributed by atoms with Crippen LogP contribution in [0.5, 0.6) is 17.2 Å². The number of benzene rings is 1. The van der Waals surface area contributed by atoms with Gasteiger partial charge in [-0.05, 0) is 24.1 Å². The molecule has 8 nitrogen and oxygen atoms in total. The second-order valence-corrected chi connectivity index (χ2v) is 11.1. The molecule has 0 aliphatic rings. The molecule has 0 aliphatic heterocycles. The maximum absolute atomic E-state index is 12.9. The van der Waals surface area contributed by atoms with Crippen molar-refractivity contribution in [1.82, 2.24) is 4.90 Å². The van der Waals surface area contributed by atoms with Crippen LogP contribution in [0.2, 0.25) is 0 Å². The first kappa shape index (κ1) is 39.5. The maximum atomic E-state index is 12.9. The van der Waals surface area contributed by atoms with Gasteiger partial charge in [-0.15, -0.1) is 0 Å². The highest BCUT2D eigenvalue weighted by molar-refractivity contribution is 5.90. The van der Waals surface area contributed by atoms with Crippen LogP contribution >= 0.6 is 0 Å². The molecule has 0 aliphatic carbocycles. The summed E-state index contributed by atoms with van der Waals surface area (Å²) in [5.74, 6) is 1.18. The summed E-state index contributed by atoms with van der Waals surface area (Å²) in [6.07, 6.45) is 17.6. The van der Waals surface area contributed by atoms with Gasteiger partial charge in [0, 0.05) is 25.5 Å². The first-order valence-electron chi connectivity index (χ1n) is 16.2. The fourth-order valence-electron chi connectivity index (χ4n) is 5.08. The van der Waals surface area contributed by atoms with Crippen LogP contribution < -0.4 is 42.8 Å². The minimum absolute atomic E-state index is 0. The fourth-order valence-corrected chi connectivity index (χ4v) is 5.08. The molecule has 1 aromatic carbocycles. The molecule has 0 atom stereocenters. The van der Waals surface area contributed by atoms with Crippen molar-refractivity contribution in [2.24, 2.45) is 0 Å². The van der Waals surface area contributed by atoms with Gasteiger partial charge in [-0.1, -0.05) is 90.5 Å². The summed E-state index contributed by atoms with van der Waals surface area (Å²) in [6, 6.07) is 9.29. The van der Waals surface area contributed by atoms with Gasteiger partial charge in [-0.3, -0.25) is 4.79 Å². The Labute approximate surface area is 282 Å². The number of carbonyl (C=O) groups excluding carboxylic acids is 2. The number of aryl methyl sites for hydroxylation is 1. The minimum Gasteiger partial charge on any atom is -1.00 e. The molecule has 2 aromatic rings. The summed E-state index contributed by atoms with van der Waals surface area (Å²) in [4.78, 5) is 26.4. The lowest BCUT2D eigenvalue weighted by Gasteiger charge is -2.19. The van der Waals surface area contributed by atoms with Crippen molar-refractivity contribution in [3.05, 3.63) is 47.8 Å². The van der Waals surface area contributed by atoms with Crippen LogP contribution in [0.15, 0.2) is 36.5 Å². The van der Waals surface area contributed by atoms with E-state index >= 15 is 0 Å². The molecule has 0 saturated heterocycles. The summed E-state index contributed by atoms with van der Waals surface area (Å²) in [5.41, 5.74) is 1.53. The van der Waals surface area contributed by atoms with Gasteiger partial charge in [0.2, 0.25) is 17.4 Å². The quantitative estimate of drug-likeness (QED) is 0.0948. The predicted octanol–water partition coefficient (Wildman–Crippen LogP) is 5.17. The van der Waals surface area contributed by atoms with Crippen LogP contribution in [0.1, 0.15) is 115 Å². The molecule has 0 saturated carbocycles. The van der Waals surface area contributed by atoms with Gasteiger partial charge in [-0.25, -0.2) is 14.3 Å². The normalized spacial score (nSPS) is 10.6. The van der Waals surface area contributed by atoms with E-state index in [1.165, 1.54) is 71.1 Å². The number of rotatable bonds is 22. The first-order chi connectivity index (χ1) is 20.9. The Hall–Kier alpha value is -2.56. The van der Waals surface area contributed by atoms with Crippen LogP contribution in [-0.2, 0) is 29.2 Å². The van der Waals surface area contributed by atoms with Gasteiger partial charge < -0.3 is 42.9 Å². The lowest BCUT2D eigenvalue weighted by Crippen LogP contribution is -3.00. The number of hydrogen-bond acceptors (Lipinski definition) is 6. The smallest absolute Gasteiger partial charge is 0.417 e. The lowest BCUT2D eigenvalue weighted by atomic mass is 10.1. The van der Waals surface area contributed by atoms with E-state index in [9.17, 15) is 9.59 Å². The monoisotopic (exact) mass is 726 g/mol. The molecule has 0 radical (unpaired) electrons. The molecule has 1 heterocycles. The first-order valence-corrected chi connectivity index (χ1v) is 16.2. The number of nitrogens with zero attached hydrogens (tertiary/aromatic N) is 2. The molecule has 2 rings (SSSR count). The molecule has 0 unspecified atom stereocenters. The number of unbranched alkanes of at least 4 members (excludes halogenated alkanes) is 11. The van der Waals surface area contributed by atoms with Gasteiger partial charge in [0.25, 0.3) is 0 Å². The van der Waals surface area contributed by atoms with Crippen molar-refractivity contribution in [1.29, 1.82) is 0 Å². The van der Waals surface area contributed by atoms with Crippen molar-refractivity contribution in [2.45, 2.75) is 124 Å². The molecular weight excluding hydrogens is 671 g/mol. The largest absolute Gasteiger partial charge is 1.00 e. The number of imide groups is 1. The van der Waals surface area contributed by atoms with Gasteiger partial charge >= 0.3 is 6.09 Å². The summed E-state index contributed by atoms with van der Waals surface area (Å²) in [6.45, 7) is 7.17. The topological polar surface area (TPSA) is 78.2 Å². The van der Waals surface area contributed by atoms with E-state index in [0.717, 1.165) is 36.4 Å². The summed E-state index contributed by atoms with van der Waals surface area (Å²) < 4.78 is 24.8. The highest BCUT2D eigenvalue weighted by atomic mass is 127. The third-order valence-electron chi connectivity index (χ3n) is 7.55. The molecule has 248 valence electrons. The van der Waals surface area contributed by atoms with E-state index in [-0.39, 0.29) is 43.0 Å². The van der Waals surface area contributed by atoms with E-state index in [1.54, 1.807) is 26.4 Å². The van der Waals surface area contributed by atoms with E-state index in [0.29, 0.717) is 29.4 Å². The van der Waals surface area contributed by atoms with Crippen LogP contribution in [0.3, 0.4) is 0 Å². The Bertz CT molecular complexity index is 1070. The van der Waals surface area contributed by atoms with Crippen molar-refractivity contribution < 1.29 is 57.1 Å². The number of hydrogen-bond donors (Lipinski definition) is 0. The third-order valence-corrected chi connectivity index (χ3v) is 7.55. The Balaban J connectivity index is 0.00000968. The fraction of sp³-hybridized carbons (Fsp3) is 0.629. The zero-order valence-corrected chi connectivity index (χ0v) is 29.9. The molecule has 2 amide bonds. The average Bonchev–Trinajstić information content (AvgIpc) is 3.01. The third kappa shape index (κ3) is 14.5. The van der Waals surface area contributed by atoms with Gasteiger partial charge in [0.1, 0.15) is 19.7 Å². The lowest BCUT2D eigenvalue weighted by molar-refractivity contribution is -0.704. The Kier molecular flexibility index (Phi) is 21.3. The van der Waals surface area contributed by atoms with Crippen molar-refractivity contribution in [3.8, 4) is 17.2 Å². The molecule has 0 N–H and O–H groups in total. The molecule has 0 spiro atoms. The zero-order valence-electron chi connectivity index (χ0n) is 27.7. The Morgan fingerprint density at radius 3 is 1.89 bits per heavy atom. The summed E-state index contributed by atoms with van der Waals surface area (Å²) >= 11 is 0. The van der Waals surface area contributed by atoms with E-state index < -0.39 is 6.09 Å². The summed E-state index contributed by atoms with van der Waals surface area (Å²) in [5, 5.41) is 0. The highest BCUT2D eigenvalue weighted by Gasteiger charge is 2.24. The van der Waals surface area contributed by atoms with Crippen molar-refractivity contribution in [3.63, 3.8) is 0 Å². The van der Waals surface area contributed by atoms with Crippen molar-refractivity contribution >= 4 is 12.0 Å². The molecule has 0 fully saturated rings. The maximum Gasteiger partial charge on any atom is 0.417 e. The van der Waals surface area contributed by atoms with Crippen LogP contribution in [0.25, 0.3) is 0 Å². The number of ether oxygens (including phenoxy) is 4. The molecule has 9 heteroatoms. The van der Waals surface area contributed by atoms with Gasteiger partial charge in [0.05, 0.1) is 20.8 Å². The molecule has 1 aromatic heterocycles. The van der Waals surface area contributed by atoms with E-state index in [2.05, 4.69) is 13.8 Å². The molecular formula is C35H55IN2O6. The number of halogens is 1. The number of aromatic nitrogens is 1. The average molecular weight is 727 g/mol. The SMILES string of the molecule is CCCCCCCCCCCCCCOc1c(OC)cc(COC(=O)N(Cc2cccc[n+]2CCC)C(C)=O)cc1OC.[I-]. The Morgan fingerprint density at radius 1 is 0.795 bits per heavy atom. The van der Waals surface area contributed by atoms with E-state index in [1.807, 2.05) is 29.0 Å². The van der Waals surface area contributed by atoms with Crippen LogP contribution in [0.4, 0.5) is 4.79 Å². The highest BCUT2D eigenvalue weighted by Crippen LogP contribution is 2.39. The number of amides is 2. The number of carbonyl (C=O) groups is 2. The molecule has 44 heavy (non-hydrogen) atoms. The van der Waals surface area contributed by atoms with Crippen LogP contribution in [-0.4, -0.2) is 37.7 Å².